The summed E-state index contributed by atoms with van der Waals surface area (Å²) in [5.74, 6) is 0.678. The summed E-state index contributed by atoms with van der Waals surface area (Å²) >= 11 is 0. The number of carbonyl (C=O) groups is 1. The first kappa shape index (κ1) is 25.8. The fourth-order valence-corrected chi connectivity index (χ4v) is 7.14. The molecule has 0 spiro atoms. The monoisotopic (exact) mass is 557 g/mol. The molecule has 1 aliphatic carbocycles. The van der Waals surface area contributed by atoms with Gasteiger partial charge in [-0.15, -0.1) is 5.10 Å². The van der Waals surface area contributed by atoms with Crippen LogP contribution in [0.2, 0.25) is 0 Å². The molecule has 4 heterocycles. The summed E-state index contributed by atoms with van der Waals surface area (Å²) in [6.07, 6.45) is 3.01. The smallest absolute Gasteiger partial charge is 0.280 e. The highest BCUT2D eigenvalue weighted by molar-refractivity contribution is 7.86. The van der Waals surface area contributed by atoms with E-state index in [-0.39, 0.29) is 35.7 Å². The molecule has 208 valence electrons. The van der Waals surface area contributed by atoms with E-state index in [0.717, 1.165) is 12.8 Å². The van der Waals surface area contributed by atoms with Crippen molar-refractivity contribution in [1.29, 1.82) is 0 Å². The van der Waals surface area contributed by atoms with E-state index in [2.05, 4.69) is 0 Å². The van der Waals surface area contributed by atoms with Gasteiger partial charge in [-0.25, -0.2) is 13.3 Å². The number of rotatable bonds is 3. The van der Waals surface area contributed by atoms with Crippen molar-refractivity contribution in [3.8, 4) is 11.5 Å². The molecule has 39 heavy (non-hydrogen) atoms. The van der Waals surface area contributed by atoms with Crippen LogP contribution in [0.3, 0.4) is 0 Å². The van der Waals surface area contributed by atoms with Gasteiger partial charge in [-0.3, -0.25) is 13.9 Å². The van der Waals surface area contributed by atoms with Crippen molar-refractivity contribution >= 4 is 33.6 Å². The third kappa shape index (κ3) is 4.29. The number of benzene rings is 1. The van der Waals surface area contributed by atoms with Crippen LogP contribution in [-0.2, 0) is 17.5 Å². The maximum Gasteiger partial charge on any atom is 0.280 e. The van der Waals surface area contributed by atoms with E-state index in [1.54, 1.807) is 11.0 Å². The van der Waals surface area contributed by atoms with Gasteiger partial charge in [-0.05, 0) is 45.6 Å². The molecule has 6 rings (SSSR count). The Morgan fingerprint density at radius 3 is 2.74 bits per heavy atom. The fraction of sp³-hybridized carbons (Fsp3) is 0.519. The molecule has 3 aliphatic rings. The van der Waals surface area contributed by atoms with Crippen LogP contribution in [-0.4, -0.2) is 68.0 Å². The first-order valence-electron chi connectivity index (χ1n) is 13.4. The Balaban J connectivity index is 1.68. The van der Waals surface area contributed by atoms with Crippen molar-refractivity contribution in [2.24, 2.45) is 0 Å². The number of hydrogen-bond acceptors (Lipinski definition) is 6. The summed E-state index contributed by atoms with van der Waals surface area (Å²) in [5.41, 5.74) is 0.936. The number of halogens is 1. The van der Waals surface area contributed by atoms with E-state index in [1.807, 2.05) is 22.7 Å². The summed E-state index contributed by atoms with van der Waals surface area (Å²) in [4.78, 5) is 29.4. The van der Waals surface area contributed by atoms with E-state index in [9.17, 15) is 18.2 Å². The van der Waals surface area contributed by atoms with Gasteiger partial charge in [-0.1, -0.05) is 6.07 Å². The number of fused-ring (bicyclic) bond motifs is 7. The second-order valence-electron chi connectivity index (χ2n) is 10.3. The van der Waals surface area contributed by atoms with Crippen LogP contribution in [0, 0.1) is 5.82 Å². The molecule has 0 saturated heterocycles. The number of aromatic nitrogens is 3. The lowest BCUT2D eigenvalue weighted by Crippen LogP contribution is -2.42. The van der Waals surface area contributed by atoms with Crippen LogP contribution in [0.1, 0.15) is 61.6 Å². The van der Waals surface area contributed by atoms with Crippen LogP contribution in [0.15, 0.2) is 23.0 Å². The van der Waals surface area contributed by atoms with Crippen molar-refractivity contribution < 1.29 is 22.9 Å². The van der Waals surface area contributed by atoms with Gasteiger partial charge in [0.2, 0.25) is 0 Å². The Bertz CT molecular complexity index is 1550. The lowest BCUT2D eigenvalue weighted by molar-refractivity contribution is 0.0685. The van der Waals surface area contributed by atoms with Crippen molar-refractivity contribution in [3.63, 3.8) is 0 Å². The first-order valence-corrected chi connectivity index (χ1v) is 14.7. The zero-order chi connectivity index (χ0) is 27.4. The van der Waals surface area contributed by atoms with Crippen LogP contribution in [0.25, 0.3) is 10.9 Å². The third-order valence-corrected chi connectivity index (χ3v) is 9.21. The largest absolute Gasteiger partial charge is 0.493 e. The normalized spacial score (nSPS) is 21.9. The molecule has 1 saturated carbocycles. The van der Waals surface area contributed by atoms with Crippen molar-refractivity contribution in [2.45, 2.75) is 58.2 Å². The number of amides is 1. The zero-order valence-corrected chi connectivity index (χ0v) is 23.1. The van der Waals surface area contributed by atoms with Crippen molar-refractivity contribution in [3.05, 3.63) is 45.6 Å². The van der Waals surface area contributed by atoms with Gasteiger partial charge in [0.05, 0.1) is 20.3 Å². The third-order valence-electron chi connectivity index (χ3n) is 7.66. The number of carbonyl (C=O) groups excluding carboxylic acids is 1. The number of methoxy groups -OCH3 is 1. The summed E-state index contributed by atoms with van der Waals surface area (Å²) < 4.78 is 44.6. The molecular formula is C27H32FN5O5S. The second-order valence-corrected chi connectivity index (χ2v) is 11.8. The lowest BCUT2D eigenvalue weighted by Gasteiger charge is -2.33. The topological polar surface area (TPSA) is 98.9 Å². The van der Waals surface area contributed by atoms with E-state index < -0.39 is 22.4 Å². The Hall–Kier alpha value is -3.41. The molecule has 3 aromatic rings. The molecule has 0 radical (unpaired) electrons. The lowest BCUT2D eigenvalue weighted by atomic mass is 10.2. The average molecular weight is 558 g/mol. The molecule has 2 bridgehead atoms. The van der Waals surface area contributed by atoms with Crippen LogP contribution < -0.4 is 19.3 Å². The maximum absolute atomic E-state index is 14.1. The van der Waals surface area contributed by atoms with Crippen molar-refractivity contribution in [1.82, 2.24) is 19.2 Å². The first-order chi connectivity index (χ1) is 18.8. The SMILES string of the molecule is CCN1CC(C)n2c(c(OC)c3c(=O)n4nc(c32)N(C2CC2)S(=O)CCCCOc2cc(F)ccc2C4)C1=O. The van der Waals surface area contributed by atoms with Crippen molar-refractivity contribution in [2.75, 3.05) is 36.9 Å². The number of ether oxygens (including phenoxy) is 2. The highest BCUT2D eigenvalue weighted by atomic mass is 32.2. The predicted molar refractivity (Wildman–Crippen MR) is 146 cm³/mol. The standard InChI is InChI=1S/C27H32FN5O5S/c1-4-30-14-16(2)32-22-21(24(37-3)23(32)27(30)35)26(34)31-15-17-7-8-18(28)13-20(17)38-11-5-6-12-39(36)33(19-9-10-19)25(22)29-31/h7-8,13,16,19H,4-6,9-12,14-15H2,1-3H3. The zero-order valence-electron chi connectivity index (χ0n) is 22.3. The predicted octanol–water partition coefficient (Wildman–Crippen LogP) is 3.24. The van der Waals surface area contributed by atoms with Gasteiger partial charge in [0, 0.05) is 42.6 Å². The van der Waals surface area contributed by atoms with E-state index >= 15 is 0 Å². The van der Waals surface area contributed by atoms with Crippen LogP contribution >= 0.6 is 0 Å². The highest BCUT2D eigenvalue weighted by Crippen LogP contribution is 2.43. The van der Waals surface area contributed by atoms with Gasteiger partial charge in [0.15, 0.2) is 17.3 Å². The number of anilines is 1. The summed E-state index contributed by atoms with van der Waals surface area (Å²) in [6.45, 7) is 5.26. The van der Waals surface area contributed by atoms with E-state index in [4.69, 9.17) is 14.6 Å². The molecular weight excluding hydrogens is 525 g/mol. The summed E-state index contributed by atoms with van der Waals surface area (Å²) in [5, 5.41) is 5.05. The minimum atomic E-state index is -1.42. The minimum Gasteiger partial charge on any atom is -0.493 e. The molecule has 2 unspecified atom stereocenters. The van der Waals surface area contributed by atoms with Gasteiger partial charge in [0.25, 0.3) is 11.5 Å². The van der Waals surface area contributed by atoms with Crippen LogP contribution in [0.4, 0.5) is 10.2 Å². The molecule has 12 heteroatoms. The van der Waals surface area contributed by atoms with Gasteiger partial charge in [0.1, 0.15) is 33.5 Å². The summed E-state index contributed by atoms with van der Waals surface area (Å²) in [6, 6.07) is 4.09. The molecule has 2 atom stereocenters. The van der Waals surface area contributed by atoms with E-state index in [1.165, 1.54) is 23.9 Å². The van der Waals surface area contributed by atoms with E-state index in [0.29, 0.717) is 66.6 Å². The molecule has 1 amide bonds. The molecule has 10 nitrogen and oxygen atoms in total. The average Bonchev–Trinajstić information content (AvgIpc) is 3.68. The number of nitrogens with zero attached hydrogens (tertiary/aromatic N) is 5. The number of likely N-dealkylation sites (N-methyl/N-ethyl adjacent to an activating group) is 1. The highest BCUT2D eigenvalue weighted by Gasteiger charge is 2.41. The maximum atomic E-state index is 14.1. The summed E-state index contributed by atoms with van der Waals surface area (Å²) in [7, 11) is 0.0339. The fourth-order valence-electron chi connectivity index (χ4n) is 5.63. The Labute approximate surface area is 227 Å². The quantitative estimate of drug-likeness (QED) is 0.491. The van der Waals surface area contributed by atoms with Gasteiger partial charge < -0.3 is 18.9 Å². The Morgan fingerprint density at radius 2 is 2.03 bits per heavy atom. The molecule has 2 aliphatic heterocycles. The Morgan fingerprint density at radius 1 is 1.23 bits per heavy atom. The Kier molecular flexibility index (Phi) is 6.60. The molecule has 1 fully saturated rings. The van der Waals surface area contributed by atoms with Gasteiger partial charge in [-0.2, -0.15) is 0 Å². The van der Waals surface area contributed by atoms with Gasteiger partial charge >= 0.3 is 0 Å². The number of hydrogen-bond donors (Lipinski definition) is 0. The molecule has 2 aromatic heterocycles. The molecule has 1 aromatic carbocycles. The van der Waals surface area contributed by atoms with Crippen LogP contribution in [0.5, 0.6) is 11.5 Å². The second kappa shape index (κ2) is 9.96. The minimum absolute atomic E-state index is 0.0107. The molecule has 0 N–H and O–H groups in total.